The van der Waals surface area contributed by atoms with Gasteiger partial charge in [-0.05, 0) is 48.9 Å². The quantitative estimate of drug-likeness (QED) is 0.465. The number of benzene rings is 3. The zero-order valence-electron chi connectivity index (χ0n) is 18.3. The number of piperazine rings is 1. The Labute approximate surface area is 190 Å². The molecule has 0 amide bonds. The Morgan fingerprint density at radius 3 is 2.33 bits per heavy atom. The molecule has 1 aliphatic heterocycles. The molecule has 33 heavy (non-hydrogen) atoms. The fraction of sp³-hybridized carbons (Fsp3) is 0.231. The van der Waals surface area contributed by atoms with E-state index in [1.54, 1.807) is 18.2 Å². The molecule has 0 radical (unpaired) electrons. The summed E-state index contributed by atoms with van der Waals surface area (Å²) in [5.74, 6) is -1.86. The van der Waals surface area contributed by atoms with Gasteiger partial charge in [0.05, 0.1) is 17.7 Å². The van der Waals surface area contributed by atoms with E-state index in [0.29, 0.717) is 28.7 Å². The van der Waals surface area contributed by atoms with Crippen molar-refractivity contribution in [1.29, 1.82) is 0 Å². The Bertz CT molecular complexity index is 1380. The van der Waals surface area contributed by atoms with Gasteiger partial charge >= 0.3 is 0 Å². The van der Waals surface area contributed by atoms with Gasteiger partial charge < -0.3 is 4.90 Å². The Balaban J connectivity index is 1.43. The molecule has 1 saturated heterocycles. The maximum atomic E-state index is 13.9. The molecule has 0 aliphatic carbocycles. The lowest BCUT2D eigenvalue weighted by atomic mass is 10.0. The van der Waals surface area contributed by atoms with Crippen LogP contribution in [0.25, 0.3) is 22.0 Å². The van der Waals surface area contributed by atoms with Crippen LogP contribution in [0.1, 0.15) is 5.56 Å². The summed E-state index contributed by atoms with van der Waals surface area (Å²) in [5.41, 5.74) is 3.13. The first-order chi connectivity index (χ1) is 16.0. The zero-order valence-corrected chi connectivity index (χ0v) is 18.3. The van der Waals surface area contributed by atoms with Crippen LogP contribution in [0.15, 0.2) is 71.5 Å². The number of rotatable bonds is 4. The summed E-state index contributed by atoms with van der Waals surface area (Å²) < 4.78 is 28.9. The summed E-state index contributed by atoms with van der Waals surface area (Å²) in [6.45, 7) is 5.69. The molecule has 2 heterocycles. The van der Waals surface area contributed by atoms with Gasteiger partial charge in [-0.25, -0.2) is 13.5 Å². The molecule has 4 aromatic rings. The second kappa shape index (κ2) is 8.75. The van der Waals surface area contributed by atoms with E-state index in [2.05, 4.69) is 46.1 Å². The average molecular weight is 447 g/mol. The van der Waals surface area contributed by atoms with Crippen molar-refractivity contribution in [2.24, 2.45) is 0 Å². The number of hydrogen-bond donors (Lipinski definition) is 0. The van der Waals surface area contributed by atoms with Crippen molar-refractivity contribution in [3.05, 3.63) is 94.3 Å². The van der Waals surface area contributed by atoms with Crippen LogP contribution in [0.2, 0.25) is 0 Å². The van der Waals surface area contributed by atoms with Crippen molar-refractivity contribution >= 4 is 16.5 Å². The van der Waals surface area contributed by atoms with E-state index in [1.807, 2.05) is 6.07 Å². The summed E-state index contributed by atoms with van der Waals surface area (Å²) >= 11 is 0. The number of aryl methyl sites for hydroxylation is 1. The minimum absolute atomic E-state index is 0.196. The largest absolute Gasteiger partial charge is 0.369 e. The Hall–Kier alpha value is -3.58. The van der Waals surface area contributed by atoms with Crippen LogP contribution < -0.4 is 10.5 Å². The third kappa shape index (κ3) is 4.24. The van der Waals surface area contributed by atoms with Crippen LogP contribution in [0.3, 0.4) is 0 Å². The first kappa shape index (κ1) is 21.3. The standard InChI is InChI=1S/C26H24F2N4O/c1-18-5-4-6-20(15-18)31-13-11-30(12-14-31)17-32-26(33)22-8-3-2-7-21(22)25(29-32)19-9-10-23(27)24(28)16-19/h2-10,15-16H,11-14,17H2,1H3. The lowest BCUT2D eigenvalue weighted by Crippen LogP contribution is -2.48. The van der Waals surface area contributed by atoms with Gasteiger partial charge in [0.1, 0.15) is 0 Å². The minimum atomic E-state index is -0.941. The highest BCUT2D eigenvalue weighted by Crippen LogP contribution is 2.26. The number of anilines is 1. The Kier molecular flexibility index (Phi) is 5.64. The third-order valence-electron chi connectivity index (χ3n) is 6.13. The van der Waals surface area contributed by atoms with Crippen molar-refractivity contribution in [1.82, 2.24) is 14.7 Å². The summed E-state index contributed by atoms with van der Waals surface area (Å²) in [4.78, 5) is 17.7. The maximum Gasteiger partial charge on any atom is 0.275 e. The van der Waals surface area contributed by atoms with E-state index in [1.165, 1.54) is 22.0 Å². The average Bonchev–Trinajstić information content (AvgIpc) is 2.83. The number of hydrogen-bond acceptors (Lipinski definition) is 4. The van der Waals surface area contributed by atoms with Crippen molar-refractivity contribution < 1.29 is 8.78 Å². The third-order valence-corrected chi connectivity index (χ3v) is 6.13. The molecule has 0 N–H and O–H groups in total. The number of aromatic nitrogens is 2. The van der Waals surface area contributed by atoms with Crippen LogP contribution in [-0.2, 0) is 6.67 Å². The molecule has 7 heteroatoms. The predicted molar refractivity (Wildman–Crippen MR) is 126 cm³/mol. The lowest BCUT2D eigenvalue weighted by Gasteiger charge is -2.36. The molecule has 0 saturated carbocycles. The van der Waals surface area contributed by atoms with E-state index in [0.717, 1.165) is 38.3 Å². The fourth-order valence-corrected chi connectivity index (χ4v) is 4.35. The molecule has 1 fully saturated rings. The maximum absolute atomic E-state index is 13.9. The monoisotopic (exact) mass is 446 g/mol. The van der Waals surface area contributed by atoms with Crippen molar-refractivity contribution in [3.63, 3.8) is 0 Å². The van der Waals surface area contributed by atoms with E-state index >= 15 is 0 Å². The molecule has 5 rings (SSSR count). The first-order valence-electron chi connectivity index (χ1n) is 11.0. The highest BCUT2D eigenvalue weighted by molar-refractivity contribution is 5.93. The van der Waals surface area contributed by atoms with E-state index in [4.69, 9.17) is 0 Å². The normalized spacial score (nSPS) is 14.7. The molecule has 168 valence electrons. The Morgan fingerprint density at radius 2 is 1.61 bits per heavy atom. The van der Waals surface area contributed by atoms with Crippen LogP contribution in [0, 0.1) is 18.6 Å². The van der Waals surface area contributed by atoms with Crippen LogP contribution in [-0.4, -0.2) is 40.9 Å². The van der Waals surface area contributed by atoms with E-state index in [-0.39, 0.29) is 5.56 Å². The second-order valence-electron chi connectivity index (χ2n) is 8.41. The predicted octanol–water partition coefficient (Wildman–Crippen LogP) is 4.43. The Morgan fingerprint density at radius 1 is 0.848 bits per heavy atom. The lowest BCUT2D eigenvalue weighted by molar-refractivity contribution is 0.192. The summed E-state index contributed by atoms with van der Waals surface area (Å²) in [6, 6.07) is 19.3. The van der Waals surface area contributed by atoms with Crippen molar-refractivity contribution in [2.75, 3.05) is 31.1 Å². The molecule has 1 aliphatic rings. The first-order valence-corrected chi connectivity index (χ1v) is 11.0. The van der Waals surface area contributed by atoms with Gasteiger partial charge in [-0.15, -0.1) is 0 Å². The molecule has 0 atom stereocenters. The van der Waals surface area contributed by atoms with Gasteiger partial charge in [-0.2, -0.15) is 5.10 Å². The van der Waals surface area contributed by atoms with E-state index < -0.39 is 11.6 Å². The molecular formula is C26H24F2N4O. The molecule has 5 nitrogen and oxygen atoms in total. The van der Waals surface area contributed by atoms with Gasteiger partial charge in [-0.3, -0.25) is 9.69 Å². The zero-order chi connectivity index (χ0) is 22.9. The van der Waals surface area contributed by atoms with Gasteiger partial charge in [0.25, 0.3) is 5.56 Å². The highest BCUT2D eigenvalue weighted by Gasteiger charge is 2.20. The molecule has 0 unspecified atom stereocenters. The molecule has 0 bridgehead atoms. The number of halogens is 2. The van der Waals surface area contributed by atoms with Gasteiger partial charge in [0, 0.05) is 42.8 Å². The molecular weight excluding hydrogens is 422 g/mol. The number of fused-ring (bicyclic) bond motifs is 1. The van der Waals surface area contributed by atoms with E-state index in [9.17, 15) is 13.6 Å². The summed E-state index contributed by atoms with van der Waals surface area (Å²) in [5, 5.41) is 5.71. The van der Waals surface area contributed by atoms with Gasteiger partial charge in [0.15, 0.2) is 11.6 Å². The second-order valence-corrected chi connectivity index (χ2v) is 8.41. The summed E-state index contributed by atoms with van der Waals surface area (Å²) in [7, 11) is 0. The minimum Gasteiger partial charge on any atom is -0.369 e. The van der Waals surface area contributed by atoms with Gasteiger partial charge in [0.2, 0.25) is 0 Å². The van der Waals surface area contributed by atoms with Crippen LogP contribution >= 0.6 is 0 Å². The highest BCUT2D eigenvalue weighted by atomic mass is 19.2. The van der Waals surface area contributed by atoms with Gasteiger partial charge in [-0.1, -0.05) is 30.3 Å². The van der Waals surface area contributed by atoms with Crippen LogP contribution in [0.4, 0.5) is 14.5 Å². The topological polar surface area (TPSA) is 41.4 Å². The fourth-order valence-electron chi connectivity index (χ4n) is 4.35. The smallest absolute Gasteiger partial charge is 0.275 e. The SMILES string of the molecule is Cc1cccc(N2CCN(Cn3nc(-c4ccc(F)c(F)c4)c4ccccc4c3=O)CC2)c1. The van der Waals surface area contributed by atoms with Crippen LogP contribution in [0.5, 0.6) is 0 Å². The molecule has 1 aromatic heterocycles. The van der Waals surface area contributed by atoms with Crippen molar-refractivity contribution in [3.8, 4) is 11.3 Å². The molecule has 0 spiro atoms. The molecule has 3 aromatic carbocycles. The van der Waals surface area contributed by atoms with Crippen molar-refractivity contribution in [2.45, 2.75) is 13.6 Å². The summed E-state index contributed by atoms with van der Waals surface area (Å²) in [6.07, 6.45) is 0. The number of nitrogens with zero attached hydrogens (tertiary/aromatic N) is 4.